The Morgan fingerprint density at radius 3 is 2.70 bits per heavy atom. The second kappa shape index (κ2) is 2.72. The van der Waals surface area contributed by atoms with E-state index in [9.17, 15) is 0 Å². The smallest absolute Gasteiger partial charge is 0.121 e. The lowest BCUT2D eigenvalue weighted by Crippen LogP contribution is -2.32. The molecule has 1 rings (SSSR count). The van der Waals surface area contributed by atoms with E-state index >= 15 is 0 Å². The lowest BCUT2D eigenvalue weighted by Gasteiger charge is -2.32. The molecule has 1 fully saturated rings. The Labute approximate surface area is 61.4 Å². The maximum atomic E-state index is 8.56. The van der Waals surface area contributed by atoms with Crippen LogP contribution in [0, 0.1) is 0 Å². The zero-order valence-corrected chi connectivity index (χ0v) is 6.39. The van der Waals surface area contributed by atoms with Crippen molar-refractivity contribution >= 4 is 0 Å². The molecule has 1 atom stereocenters. The maximum absolute atomic E-state index is 8.56. The van der Waals surface area contributed by atoms with E-state index in [1.807, 2.05) is 6.92 Å². The molecule has 0 aromatic heterocycles. The number of rotatable bonds is 1. The fourth-order valence-electron chi connectivity index (χ4n) is 1.35. The molecule has 2 nitrogen and oxygen atoms in total. The molecule has 0 saturated heterocycles. The molecule has 0 aromatic carbocycles. The highest BCUT2D eigenvalue weighted by atomic mass is 17.1. The second-order valence-corrected chi connectivity index (χ2v) is 3.13. The largest absolute Gasteiger partial charge is 0.251 e. The summed E-state index contributed by atoms with van der Waals surface area (Å²) in [5, 5.41) is 8.56. The predicted molar refractivity (Wildman–Crippen MR) is 39.7 cm³/mol. The third-order valence-corrected chi connectivity index (χ3v) is 2.33. The fraction of sp³-hybridized carbons (Fsp3) is 0.750. The van der Waals surface area contributed by atoms with Gasteiger partial charge in [-0.1, -0.05) is 6.58 Å². The molecule has 0 aromatic rings. The van der Waals surface area contributed by atoms with Crippen molar-refractivity contribution in [1.82, 2.24) is 0 Å². The first-order valence-electron chi connectivity index (χ1n) is 3.70. The summed E-state index contributed by atoms with van der Waals surface area (Å²) < 4.78 is 0. The van der Waals surface area contributed by atoms with Gasteiger partial charge in [0.15, 0.2) is 0 Å². The minimum atomic E-state index is -0.460. The van der Waals surface area contributed by atoms with Crippen molar-refractivity contribution in [2.45, 2.75) is 38.2 Å². The van der Waals surface area contributed by atoms with Crippen molar-refractivity contribution in [2.24, 2.45) is 0 Å². The van der Waals surface area contributed by atoms with Gasteiger partial charge in [0.25, 0.3) is 0 Å². The van der Waals surface area contributed by atoms with Crippen molar-refractivity contribution in [3.05, 3.63) is 12.2 Å². The van der Waals surface area contributed by atoms with Crippen molar-refractivity contribution in [1.29, 1.82) is 0 Å². The van der Waals surface area contributed by atoms with E-state index in [2.05, 4.69) is 11.5 Å². The maximum Gasteiger partial charge on any atom is 0.121 e. The van der Waals surface area contributed by atoms with Gasteiger partial charge in [-0.15, -0.1) is 0 Å². The standard InChI is InChI=1S/C8H14O2/c1-7-5-3-4-6-8(7,2)10-9/h9H,1,3-6H2,2H3. The van der Waals surface area contributed by atoms with Gasteiger partial charge in [0.05, 0.1) is 0 Å². The second-order valence-electron chi connectivity index (χ2n) is 3.13. The van der Waals surface area contributed by atoms with Crippen LogP contribution >= 0.6 is 0 Å². The van der Waals surface area contributed by atoms with E-state index in [1.54, 1.807) is 0 Å². The Hall–Kier alpha value is -0.340. The Morgan fingerprint density at radius 2 is 2.30 bits per heavy atom. The minimum Gasteiger partial charge on any atom is -0.251 e. The molecule has 1 N–H and O–H groups in total. The Balaban J connectivity index is 2.63. The van der Waals surface area contributed by atoms with Gasteiger partial charge in [-0.05, 0) is 38.2 Å². The topological polar surface area (TPSA) is 29.5 Å². The average molecular weight is 142 g/mol. The highest BCUT2D eigenvalue weighted by Gasteiger charge is 2.31. The van der Waals surface area contributed by atoms with Crippen molar-refractivity contribution in [3.63, 3.8) is 0 Å². The van der Waals surface area contributed by atoms with E-state index in [1.165, 1.54) is 6.42 Å². The molecule has 1 aliphatic carbocycles. The molecule has 1 unspecified atom stereocenters. The van der Waals surface area contributed by atoms with E-state index in [0.29, 0.717) is 0 Å². The zero-order valence-electron chi connectivity index (χ0n) is 6.39. The van der Waals surface area contributed by atoms with Gasteiger partial charge in [0, 0.05) is 0 Å². The quantitative estimate of drug-likeness (QED) is 0.346. The first kappa shape index (κ1) is 7.76. The van der Waals surface area contributed by atoms with Gasteiger partial charge in [-0.3, -0.25) is 5.26 Å². The molecule has 0 bridgehead atoms. The Bertz CT molecular complexity index is 142. The van der Waals surface area contributed by atoms with Crippen LogP contribution in [0.15, 0.2) is 12.2 Å². The molecule has 10 heavy (non-hydrogen) atoms. The van der Waals surface area contributed by atoms with Gasteiger partial charge >= 0.3 is 0 Å². The summed E-state index contributed by atoms with van der Waals surface area (Å²) in [5.41, 5.74) is 0.555. The van der Waals surface area contributed by atoms with Crippen LogP contribution in [0.25, 0.3) is 0 Å². The number of hydrogen-bond acceptors (Lipinski definition) is 2. The third-order valence-electron chi connectivity index (χ3n) is 2.33. The highest BCUT2D eigenvalue weighted by Crippen LogP contribution is 2.33. The van der Waals surface area contributed by atoms with Crippen LogP contribution in [0.2, 0.25) is 0 Å². The van der Waals surface area contributed by atoms with Gasteiger partial charge in [0.2, 0.25) is 0 Å². The fourth-order valence-corrected chi connectivity index (χ4v) is 1.35. The van der Waals surface area contributed by atoms with Crippen LogP contribution in [0.5, 0.6) is 0 Å². The zero-order chi connectivity index (χ0) is 7.61. The molecule has 58 valence electrons. The molecule has 1 saturated carbocycles. The first-order chi connectivity index (χ1) is 4.69. The lowest BCUT2D eigenvalue weighted by molar-refractivity contribution is -0.310. The minimum absolute atomic E-state index is 0.460. The number of hydrogen-bond donors (Lipinski definition) is 1. The summed E-state index contributed by atoms with van der Waals surface area (Å²) in [5.74, 6) is 0. The summed E-state index contributed by atoms with van der Waals surface area (Å²) >= 11 is 0. The van der Waals surface area contributed by atoms with Gasteiger partial charge in [-0.25, -0.2) is 4.89 Å². The monoisotopic (exact) mass is 142 g/mol. The van der Waals surface area contributed by atoms with E-state index in [4.69, 9.17) is 5.26 Å². The highest BCUT2D eigenvalue weighted by molar-refractivity contribution is 5.13. The van der Waals surface area contributed by atoms with Crippen LogP contribution in [-0.4, -0.2) is 10.9 Å². The Morgan fingerprint density at radius 1 is 1.60 bits per heavy atom. The predicted octanol–water partition coefficient (Wildman–Crippen LogP) is 2.36. The van der Waals surface area contributed by atoms with Crippen molar-refractivity contribution in [3.8, 4) is 0 Å². The van der Waals surface area contributed by atoms with Gasteiger partial charge < -0.3 is 0 Å². The summed E-state index contributed by atoms with van der Waals surface area (Å²) in [6.45, 7) is 5.74. The summed E-state index contributed by atoms with van der Waals surface area (Å²) in [6.07, 6.45) is 4.17. The summed E-state index contributed by atoms with van der Waals surface area (Å²) in [4.78, 5) is 4.39. The van der Waals surface area contributed by atoms with Crippen molar-refractivity contribution in [2.75, 3.05) is 0 Å². The SMILES string of the molecule is C=C1CCCCC1(C)OO. The van der Waals surface area contributed by atoms with E-state index < -0.39 is 5.60 Å². The third kappa shape index (κ3) is 1.22. The lowest BCUT2D eigenvalue weighted by atomic mass is 9.83. The molecule has 2 heteroatoms. The molecule has 0 heterocycles. The molecule has 0 aliphatic heterocycles. The molecule has 0 radical (unpaired) electrons. The summed E-state index contributed by atoms with van der Waals surface area (Å²) in [7, 11) is 0. The van der Waals surface area contributed by atoms with E-state index in [0.717, 1.165) is 24.8 Å². The summed E-state index contributed by atoms with van der Waals surface area (Å²) in [6, 6.07) is 0. The molecule has 0 spiro atoms. The molecular weight excluding hydrogens is 128 g/mol. The van der Waals surface area contributed by atoms with Crippen LogP contribution in [0.1, 0.15) is 32.6 Å². The first-order valence-corrected chi connectivity index (χ1v) is 3.70. The van der Waals surface area contributed by atoms with Crippen LogP contribution in [-0.2, 0) is 4.89 Å². The van der Waals surface area contributed by atoms with Crippen molar-refractivity contribution < 1.29 is 10.1 Å². The molecular formula is C8H14O2. The van der Waals surface area contributed by atoms with E-state index in [-0.39, 0.29) is 0 Å². The molecule has 1 aliphatic rings. The normalized spacial score (nSPS) is 34.4. The van der Waals surface area contributed by atoms with Crippen LogP contribution in [0.4, 0.5) is 0 Å². The van der Waals surface area contributed by atoms with Crippen LogP contribution in [0.3, 0.4) is 0 Å². The Kier molecular flexibility index (Phi) is 2.11. The van der Waals surface area contributed by atoms with Crippen LogP contribution < -0.4 is 0 Å². The van der Waals surface area contributed by atoms with Gasteiger partial charge in [0.1, 0.15) is 5.60 Å². The molecule has 0 amide bonds. The van der Waals surface area contributed by atoms with Gasteiger partial charge in [-0.2, -0.15) is 0 Å². The average Bonchev–Trinajstić information content (AvgIpc) is 1.96.